The number of anilines is 1. The van der Waals surface area contributed by atoms with Crippen LogP contribution < -0.4 is 14.8 Å². The molecule has 0 spiro atoms. The van der Waals surface area contributed by atoms with Crippen LogP contribution in [0.2, 0.25) is 0 Å². The van der Waals surface area contributed by atoms with E-state index in [1.165, 1.54) is 24.5 Å². The number of benzene rings is 1. The summed E-state index contributed by atoms with van der Waals surface area (Å²) in [6.45, 7) is 1.67. The minimum absolute atomic E-state index is 0.0382. The summed E-state index contributed by atoms with van der Waals surface area (Å²) in [6.07, 6.45) is 0.864. The Morgan fingerprint density at radius 3 is 2.86 bits per heavy atom. The van der Waals surface area contributed by atoms with Gasteiger partial charge in [-0.15, -0.1) is 0 Å². The van der Waals surface area contributed by atoms with Gasteiger partial charge in [0.15, 0.2) is 6.10 Å². The van der Waals surface area contributed by atoms with Crippen LogP contribution in [0.15, 0.2) is 45.9 Å². The predicted molar refractivity (Wildman–Crippen MR) is 77.9 cm³/mol. The number of furan rings is 1. The van der Waals surface area contributed by atoms with E-state index in [-0.39, 0.29) is 17.3 Å². The van der Waals surface area contributed by atoms with E-state index in [1.54, 1.807) is 19.1 Å². The predicted octanol–water partition coefficient (Wildman–Crippen LogP) is 1.48. The van der Waals surface area contributed by atoms with Crippen molar-refractivity contribution in [2.24, 2.45) is 0 Å². The van der Waals surface area contributed by atoms with E-state index >= 15 is 0 Å². The summed E-state index contributed by atoms with van der Waals surface area (Å²) in [5.74, 6) is 0.634. The summed E-state index contributed by atoms with van der Waals surface area (Å²) in [4.78, 5) is 11.6. The second-order valence-corrected chi connectivity index (χ2v) is 6.58. The summed E-state index contributed by atoms with van der Waals surface area (Å²) in [7, 11) is -3.72. The topological polar surface area (TPSA) is 97.6 Å². The van der Waals surface area contributed by atoms with Crippen LogP contribution in [-0.4, -0.2) is 20.4 Å². The molecule has 3 rings (SSSR count). The Bertz CT molecular complexity index is 799. The molecule has 2 N–H and O–H groups in total. The monoisotopic (exact) mass is 322 g/mol. The Labute approximate surface area is 127 Å². The molecule has 0 fully saturated rings. The van der Waals surface area contributed by atoms with Crippen LogP contribution in [0.25, 0.3) is 0 Å². The average Bonchev–Trinajstić information content (AvgIpc) is 2.99. The van der Waals surface area contributed by atoms with Crippen LogP contribution in [-0.2, 0) is 21.4 Å². The molecule has 1 aliphatic heterocycles. The molecule has 0 radical (unpaired) electrons. The Balaban J connectivity index is 1.82. The number of amides is 1. The van der Waals surface area contributed by atoms with Gasteiger partial charge < -0.3 is 14.5 Å². The van der Waals surface area contributed by atoms with Crippen molar-refractivity contribution in [2.75, 3.05) is 5.32 Å². The summed E-state index contributed by atoms with van der Waals surface area (Å²) in [5.41, 5.74) is 0.337. The Morgan fingerprint density at radius 2 is 2.14 bits per heavy atom. The molecular formula is C14H14N2O5S. The van der Waals surface area contributed by atoms with Crippen molar-refractivity contribution >= 4 is 21.6 Å². The first-order chi connectivity index (χ1) is 10.5. The molecule has 1 atom stereocenters. The first-order valence-electron chi connectivity index (χ1n) is 6.59. The summed E-state index contributed by atoms with van der Waals surface area (Å²) in [5, 5.41) is 2.62. The average molecular weight is 322 g/mol. The van der Waals surface area contributed by atoms with Gasteiger partial charge in [0.2, 0.25) is 10.0 Å². The van der Waals surface area contributed by atoms with Crippen LogP contribution in [0, 0.1) is 0 Å². The summed E-state index contributed by atoms with van der Waals surface area (Å²) >= 11 is 0. The Morgan fingerprint density at radius 1 is 1.32 bits per heavy atom. The lowest BCUT2D eigenvalue weighted by Gasteiger charge is -2.23. The molecule has 1 aromatic heterocycles. The largest absolute Gasteiger partial charge is 0.479 e. The van der Waals surface area contributed by atoms with E-state index in [4.69, 9.17) is 9.15 Å². The summed E-state index contributed by atoms with van der Waals surface area (Å²) < 4.78 is 37.4. The van der Waals surface area contributed by atoms with Gasteiger partial charge in [0, 0.05) is 0 Å². The summed E-state index contributed by atoms with van der Waals surface area (Å²) in [6, 6.07) is 7.66. The lowest BCUT2D eigenvalue weighted by molar-refractivity contribution is -0.122. The zero-order valence-corrected chi connectivity index (χ0v) is 12.5. The molecule has 2 aromatic rings. The maximum atomic E-state index is 12.3. The van der Waals surface area contributed by atoms with Crippen LogP contribution in [0.1, 0.15) is 12.7 Å². The van der Waals surface area contributed by atoms with Gasteiger partial charge in [-0.2, -0.15) is 0 Å². The van der Waals surface area contributed by atoms with Gasteiger partial charge in [-0.25, -0.2) is 13.1 Å². The third-order valence-corrected chi connectivity index (χ3v) is 4.61. The van der Waals surface area contributed by atoms with E-state index in [0.29, 0.717) is 17.2 Å². The minimum Gasteiger partial charge on any atom is -0.479 e. The van der Waals surface area contributed by atoms with Crippen molar-refractivity contribution in [3.05, 3.63) is 42.4 Å². The first kappa shape index (κ1) is 14.6. The molecule has 1 unspecified atom stereocenters. The number of hydrogen-bond acceptors (Lipinski definition) is 5. The highest BCUT2D eigenvalue weighted by molar-refractivity contribution is 7.89. The molecule has 22 heavy (non-hydrogen) atoms. The fourth-order valence-corrected chi connectivity index (χ4v) is 3.04. The molecule has 2 heterocycles. The third kappa shape index (κ3) is 2.83. The van der Waals surface area contributed by atoms with E-state index in [9.17, 15) is 13.2 Å². The molecule has 0 aliphatic carbocycles. The van der Waals surface area contributed by atoms with Gasteiger partial charge in [-0.3, -0.25) is 4.79 Å². The highest BCUT2D eigenvalue weighted by Crippen LogP contribution is 2.31. The fourth-order valence-electron chi connectivity index (χ4n) is 2.02. The fraction of sp³-hybridized carbons (Fsp3) is 0.214. The van der Waals surface area contributed by atoms with Crippen molar-refractivity contribution in [3.63, 3.8) is 0 Å². The number of carbonyl (C=O) groups excluding carboxylic acids is 1. The van der Waals surface area contributed by atoms with Crippen molar-refractivity contribution in [1.29, 1.82) is 0 Å². The molecule has 1 aliphatic rings. The van der Waals surface area contributed by atoms with Gasteiger partial charge in [0.05, 0.1) is 23.4 Å². The lowest BCUT2D eigenvalue weighted by atomic mass is 10.2. The zero-order valence-electron chi connectivity index (χ0n) is 11.7. The van der Waals surface area contributed by atoms with E-state index in [1.807, 2.05) is 0 Å². The SMILES string of the molecule is CC1Oc2ccc(S(=O)(=O)NCc3ccco3)cc2NC1=O. The van der Waals surface area contributed by atoms with Crippen LogP contribution in [0.3, 0.4) is 0 Å². The van der Waals surface area contributed by atoms with Crippen LogP contribution in [0.5, 0.6) is 5.75 Å². The maximum absolute atomic E-state index is 12.3. The highest BCUT2D eigenvalue weighted by atomic mass is 32.2. The third-order valence-electron chi connectivity index (χ3n) is 3.21. The molecule has 7 nitrogen and oxygen atoms in total. The van der Waals surface area contributed by atoms with E-state index in [2.05, 4.69) is 10.0 Å². The lowest BCUT2D eigenvalue weighted by Crippen LogP contribution is -2.34. The molecule has 8 heteroatoms. The van der Waals surface area contributed by atoms with Crippen LogP contribution in [0.4, 0.5) is 5.69 Å². The second-order valence-electron chi connectivity index (χ2n) is 4.81. The van der Waals surface area contributed by atoms with Gasteiger partial charge in [-0.05, 0) is 37.3 Å². The smallest absolute Gasteiger partial charge is 0.265 e. The van der Waals surface area contributed by atoms with Gasteiger partial charge >= 0.3 is 0 Å². The molecular weight excluding hydrogens is 308 g/mol. The number of fused-ring (bicyclic) bond motifs is 1. The number of carbonyl (C=O) groups is 1. The number of rotatable bonds is 4. The normalized spacial score (nSPS) is 17.5. The van der Waals surface area contributed by atoms with Crippen molar-refractivity contribution in [2.45, 2.75) is 24.5 Å². The van der Waals surface area contributed by atoms with E-state index < -0.39 is 16.1 Å². The Kier molecular flexibility index (Phi) is 3.63. The number of hydrogen-bond donors (Lipinski definition) is 2. The first-order valence-corrected chi connectivity index (χ1v) is 8.08. The molecule has 0 saturated carbocycles. The minimum atomic E-state index is -3.72. The van der Waals surface area contributed by atoms with Crippen molar-refractivity contribution in [3.8, 4) is 5.75 Å². The van der Waals surface area contributed by atoms with Crippen molar-refractivity contribution < 1.29 is 22.4 Å². The molecule has 1 amide bonds. The maximum Gasteiger partial charge on any atom is 0.265 e. The number of nitrogens with one attached hydrogen (secondary N) is 2. The number of sulfonamides is 1. The van der Waals surface area contributed by atoms with Gasteiger partial charge in [0.25, 0.3) is 5.91 Å². The van der Waals surface area contributed by atoms with Gasteiger partial charge in [-0.1, -0.05) is 0 Å². The quantitative estimate of drug-likeness (QED) is 0.888. The molecule has 116 valence electrons. The number of ether oxygens (including phenoxy) is 1. The molecule has 0 saturated heterocycles. The zero-order chi connectivity index (χ0) is 15.7. The van der Waals surface area contributed by atoms with Crippen LogP contribution >= 0.6 is 0 Å². The standard InChI is InChI=1S/C14H14N2O5S/c1-9-14(17)16-12-7-11(4-5-13(12)21-9)22(18,19)15-8-10-3-2-6-20-10/h2-7,9,15H,8H2,1H3,(H,16,17). The van der Waals surface area contributed by atoms with E-state index in [0.717, 1.165) is 0 Å². The second kappa shape index (κ2) is 5.47. The Hall–Kier alpha value is -2.32. The molecule has 1 aromatic carbocycles. The van der Waals surface area contributed by atoms with Gasteiger partial charge in [0.1, 0.15) is 11.5 Å². The van der Waals surface area contributed by atoms with Crippen molar-refractivity contribution in [1.82, 2.24) is 4.72 Å². The molecule has 0 bridgehead atoms. The highest BCUT2D eigenvalue weighted by Gasteiger charge is 2.25.